The molecule has 30 heavy (non-hydrogen) atoms. The molecule has 166 valence electrons. The lowest BCUT2D eigenvalue weighted by molar-refractivity contribution is -0.137. The number of hydrogen-bond acceptors (Lipinski definition) is 3. The second-order valence-electron chi connectivity index (χ2n) is 7.47. The second kappa shape index (κ2) is 18.6. The quantitative estimate of drug-likeness (QED) is 0.275. The average molecular weight is 415 g/mol. The number of ether oxygens (including phenoxy) is 1. The van der Waals surface area contributed by atoms with Crippen LogP contribution in [0.5, 0.6) is 0 Å². The maximum absolute atomic E-state index is 11.2. The van der Waals surface area contributed by atoms with Crippen LogP contribution in [0.3, 0.4) is 0 Å². The first-order valence-corrected chi connectivity index (χ1v) is 10.8. The number of hydrogen-bond donors (Lipinski definition) is 1. The molecule has 0 unspecified atom stereocenters. The first-order chi connectivity index (χ1) is 14.5. The van der Waals surface area contributed by atoms with Crippen molar-refractivity contribution in [2.75, 3.05) is 7.11 Å². The largest absolute Gasteiger partial charge is 0.481 e. The van der Waals surface area contributed by atoms with E-state index in [0.29, 0.717) is 24.7 Å². The molecule has 0 radical (unpaired) electrons. The standard InChI is InChI=1S/C17H22O2.C7H14O2.C2H2/c1-19-13-16-8-4-7-14(11-16)5-2-3-6-15-9-10-17(18)12-15;1-2-3-4-5-6-7(8)9;1-2/h3-4,6-8,11,15H,2,5,9-10,12-13H2,1H3;2-6H2,1H3,(H,8,9);1-2H/b6-3+;;/t15-;;/m0../s1. The number of ketones is 1. The van der Waals surface area contributed by atoms with Crippen LogP contribution >= 0.6 is 0 Å². The van der Waals surface area contributed by atoms with E-state index in [2.05, 4.69) is 56.2 Å². The van der Waals surface area contributed by atoms with E-state index in [1.807, 2.05) is 0 Å². The summed E-state index contributed by atoms with van der Waals surface area (Å²) in [6, 6.07) is 8.54. The summed E-state index contributed by atoms with van der Waals surface area (Å²) >= 11 is 0. The molecular formula is C26H38O4. The first kappa shape index (κ1) is 27.6. The number of methoxy groups -OCH3 is 1. The Hall–Kier alpha value is -2.38. The van der Waals surface area contributed by atoms with Gasteiger partial charge in [0, 0.05) is 26.4 Å². The molecule has 1 aliphatic rings. The van der Waals surface area contributed by atoms with Crippen molar-refractivity contribution in [2.24, 2.45) is 5.92 Å². The van der Waals surface area contributed by atoms with Gasteiger partial charge in [0.15, 0.2) is 0 Å². The van der Waals surface area contributed by atoms with Gasteiger partial charge >= 0.3 is 5.97 Å². The fourth-order valence-electron chi connectivity index (χ4n) is 3.29. The highest BCUT2D eigenvalue weighted by Crippen LogP contribution is 2.23. The lowest BCUT2D eigenvalue weighted by atomic mass is 10.0. The molecule has 0 saturated heterocycles. The number of Topliss-reactive ketones (excluding diaryl/α,β-unsaturated/α-hetero) is 1. The Balaban J connectivity index is 0.000000648. The lowest BCUT2D eigenvalue weighted by Gasteiger charge is -2.04. The van der Waals surface area contributed by atoms with E-state index in [4.69, 9.17) is 9.84 Å². The number of benzene rings is 1. The molecule has 0 spiro atoms. The average Bonchev–Trinajstić information content (AvgIpc) is 3.16. The maximum Gasteiger partial charge on any atom is 0.303 e. The fourth-order valence-corrected chi connectivity index (χ4v) is 3.29. The Bertz CT molecular complexity index is 645. The van der Waals surface area contributed by atoms with Crippen molar-refractivity contribution in [3.05, 3.63) is 47.5 Å². The molecule has 1 atom stereocenters. The predicted molar refractivity (Wildman–Crippen MR) is 123 cm³/mol. The second-order valence-corrected chi connectivity index (χ2v) is 7.47. The smallest absolute Gasteiger partial charge is 0.303 e. The summed E-state index contributed by atoms with van der Waals surface area (Å²) in [4.78, 5) is 21.1. The van der Waals surface area contributed by atoms with Crippen LogP contribution in [-0.4, -0.2) is 24.0 Å². The van der Waals surface area contributed by atoms with Crippen LogP contribution in [0.15, 0.2) is 36.4 Å². The molecular weight excluding hydrogens is 376 g/mol. The van der Waals surface area contributed by atoms with Crippen LogP contribution < -0.4 is 0 Å². The molecule has 0 aliphatic heterocycles. The number of aryl methyl sites for hydroxylation is 1. The Labute approximate surface area is 182 Å². The predicted octanol–water partition coefficient (Wildman–Crippen LogP) is 5.98. The number of terminal acetylenes is 1. The molecule has 1 N–H and O–H groups in total. The Morgan fingerprint density at radius 3 is 2.57 bits per heavy atom. The number of unbranched alkanes of at least 4 members (excludes halogenated alkanes) is 3. The van der Waals surface area contributed by atoms with Crippen molar-refractivity contribution in [2.45, 2.75) is 77.7 Å². The van der Waals surface area contributed by atoms with Gasteiger partial charge in [-0.25, -0.2) is 0 Å². The summed E-state index contributed by atoms with van der Waals surface area (Å²) < 4.78 is 5.14. The summed E-state index contributed by atoms with van der Waals surface area (Å²) in [5, 5.41) is 8.21. The summed E-state index contributed by atoms with van der Waals surface area (Å²) in [6.45, 7) is 2.79. The third-order valence-electron chi connectivity index (χ3n) is 4.84. The van der Waals surface area contributed by atoms with E-state index in [1.54, 1.807) is 7.11 Å². The summed E-state index contributed by atoms with van der Waals surface area (Å²) in [5.74, 6) is 0.236. The van der Waals surface area contributed by atoms with Gasteiger partial charge in [-0.2, -0.15) is 0 Å². The first-order valence-electron chi connectivity index (χ1n) is 10.8. The molecule has 0 bridgehead atoms. The minimum absolute atomic E-state index is 0.333. The highest BCUT2D eigenvalue weighted by atomic mass is 16.5. The lowest BCUT2D eigenvalue weighted by Crippen LogP contribution is -1.92. The van der Waals surface area contributed by atoms with Gasteiger partial charge < -0.3 is 9.84 Å². The van der Waals surface area contributed by atoms with Crippen molar-refractivity contribution in [3.63, 3.8) is 0 Å². The van der Waals surface area contributed by atoms with Gasteiger partial charge in [0.25, 0.3) is 0 Å². The zero-order chi connectivity index (χ0) is 22.6. The molecule has 1 aromatic rings. The molecule has 4 heteroatoms. The Morgan fingerprint density at radius 1 is 1.23 bits per heavy atom. The Morgan fingerprint density at radius 2 is 1.97 bits per heavy atom. The monoisotopic (exact) mass is 414 g/mol. The number of aliphatic carboxylic acids is 1. The van der Waals surface area contributed by atoms with Gasteiger partial charge in [-0.15, -0.1) is 12.8 Å². The number of rotatable bonds is 11. The summed E-state index contributed by atoms with van der Waals surface area (Å²) in [7, 11) is 1.72. The molecule has 2 rings (SSSR count). The number of carboxylic acids is 1. The zero-order valence-electron chi connectivity index (χ0n) is 18.6. The van der Waals surface area contributed by atoms with E-state index in [-0.39, 0.29) is 0 Å². The molecule has 1 aliphatic carbocycles. The van der Waals surface area contributed by atoms with Crippen molar-refractivity contribution >= 4 is 11.8 Å². The van der Waals surface area contributed by atoms with Gasteiger partial charge in [0.05, 0.1) is 6.61 Å². The summed E-state index contributed by atoms with van der Waals surface area (Å²) in [5.41, 5.74) is 2.58. The van der Waals surface area contributed by atoms with E-state index in [0.717, 1.165) is 51.4 Å². The van der Waals surface area contributed by atoms with E-state index < -0.39 is 5.97 Å². The molecule has 1 saturated carbocycles. The van der Waals surface area contributed by atoms with E-state index in [9.17, 15) is 9.59 Å². The van der Waals surface area contributed by atoms with Crippen molar-refractivity contribution < 1.29 is 19.4 Å². The molecule has 0 heterocycles. The van der Waals surface area contributed by atoms with Gasteiger partial charge in [0.2, 0.25) is 0 Å². The molecule has 0 amide bonds. The van der Waals surface area contributed by atoms with Crippen LogP contribution in [-0.2, 0) is 27.4 Å². The van der Waals surface area contributed by atoms with Crippen LogP contribution in [0, 0.1) is 18.8 Å². The third kappa shape index (κ3) is 14.6. The van der Waals surface area contributed by atoms with Gasteiger partial charge in [-0.3, -0.25) is 9.59 Å². The van der Waals surface area contributed by atoms with Crippen LogP contribution in [0.2, 0.25) is 0 Å². The van der Waals surface area contributed by atoms with Crippen molar-refractivity contribution in [1.82, 2.24) is 0 Å². The van der Waals surface area contributed by atoms with Gasteiger partial charge in [-0.05, 0) is 42.7 Å². The van der Waals surface area contributed by atoms with Crippen LogP contribution in [0.25, 0.3) is 0 Å². The van der Waals surface area contributed by atoms with Gasteiger partial charge in [0.1, 0.15) is 5.78 Å². The topological polar surface area (TPSA) is 63.6 Å². The van der Waals surface area contributed by atoms with Gasteiger partial charge in [-0.1, -0.05) is 62.6 Å². The van der Waals surface area contributed by atoms with Crippen LogP contribution in [0.4, 0.5) is 0 Å². The van der Waals surface area contributed by atoms with Crippen molar-refractivity contribution in [3.8, 4) is 12.8 Å². The number of allylic oxidation sites excluding steroid dienone is 2. The van der Waals surface area contributed by atoms with Crippen molar-refractivity contribution in [1.29, 1.82) is 0 Å². The maximum atomic E-state index is 11.2. The SMILES string of the molecule is C#C.CCCCCCC(=O)O.COCc1cccc(CC/C=C/[C@H]2CCC(=O)C2)c1. The fraction of sp³-hybridized carbons (Fsp3) is 0.538. The number of carbonyl (C=O) groups is 2. The Kier molecular flexibility index (Phi) is 17.2. The minimum Gasteiger partial charge on any atom is -0.481 e. The minimum atomic E-state index is -0.675. The molecule has 1 fully saturated rings. The normalized spacial score (nSPS) is 15.2. The third-order valence-corrected chi connectivity index (χ3v) is 4.84. The highest BCUT2D eigenvalue weighted by Gasteiger charge is 2.18. The zero-order valence-corrected chi connectivity index (χ0v) is 18.6. The number of carbonyl (C=O) groups excluding carboxylic acids is 1. The van der Waals surface area contributed by atoms with E-state index in [1.165, 1.54) is 17.5 Å². The van der Waals surface area contributed by atoms with E-state index >= 15 is 0 Å². The number of carboxylic acid groups (broad SMARTS) is 1. The van der Waals surface area contributed by atoms with Crippen LogP contribution in [0.1, 0.15) is 75.8 Å². The highest BCUT2D eigenvalue weighted by molar-refractivity contribution is 5.80. The summed E-state index contributed by atoms with van der Waals surface area (Å²) in [6.07, 6.45) is 21.7. The molecule has 1 aromatic carbocycles. The molecule has 0 aromatic heterocycles. The molecule has 4 nitrogen and oxygen atoms in total.